The van der Waals surface area contributed by atoms with Gasteiger partial charge in [-0.15, -0.1) is 10.2 Å². The zero-order chi connectivity index (χ0) is 20.3. The quantitative estimate of drug-likeness (QED) is 0.781. The normalized spacial score (nSPS) is 24.8. The van der Waals surface area contributed by atoms with Gasteiger partial charge in [0, 0.05) is 37.0 Å². The zero-order valence-corrected chi connectivity index (χ0v) is 16.4. The van der Waals surface area contributed by atoms with E-state index in [2.05, 4.69) is 20.7 Å². The van der Waals surface area contributed by atoms with Gasteiger partial charge >= 0.3 is 0 Å². The number of piperidine rings is 2. The molecule has 1 spiro atoms. The molecule has 0 bridgehead atoms. The van der Waals surface area contributed by atoms with Gasteiger partial charge in [-0.1, -0.05) is 0 Å². The molecule has 156 valence electrons. The SMILES string of the molecule is O=C(CCCn1nnc(-c2ccc(F)cc2)n1)N1CCC[C@]2(CNCC[C@@H]2O)C1. The molecule has 1 aromatic heterocycles. The third-order valence-corrected chi connectivity index (χ3v) is 6.04. The fraction of sp³-hybridized carbons (Fsp3) is 0.600. The van der Waals surface area contributed by atoms with Crippen LogP contribution in [0.4, 0.5) is 4.39 Å². The maximum Gasteiger partial charge on any atom is 0.222 e. The van der Waals surface area contributed by atoms with Gasteiger partial charge in [-0.05, 0) is 61.7 Å². The van der Waals surface area contributed by atoms with Gasteiger partial charge < -0.3 is 15.3 Å². The number of nitrogens with zero attached hydrogens (tertiary/aromatic N) is 5. The molecule has 8 nitrogen and oxygen atoms in total. The Morgan fingerprint density at radius 3 is 2.97 bits per heavy atom. The van der Waals surface area contributed by atoms with Gasteiger partial charge in [0.1, 0.15) is 5.82 Å². The summed E-state index contributed by atoms with van der Waals surface area (Å²) in [5.41, 5.74) is 0.496. The summed E-state index contributed by atoms with van der Waals surface area (Å²) >= 11 is 0. The molecule has 29 heavy (non-hydrogen) atoms. The van der Waals surface area contributed by atoms with E-state index < -0.39 is 0 Å². The number of nitrogens with one attached hydrogen (secondary N) is 1. The summed E-state index contributed by atoms with van der Waals surface area (Å²) in [6, 6.07) is 5.94. The van der Waals surface area contributed by atoms with Gasteiger partial charge in [0.25, 0.3) is 0 Å². The first kappa shape index (κ1) is 19.9. The molecule has 1 aromatic carbocycles. The second-order valence-corrected chi connectivity index (χ2v) is 8.08. The molecular weight excluding hydrogens is 375 g/mol. The largest absolute Gasteiger partial charge is 0.392 e. The molecule has 2 fully saturated rings. The lowest BCUT2D eigenvalue weighted by Gasteiger charge is -2.48. The van der Waals surface area contributed by atoms with Crippen LogP contribution in [0.1, 0.15) is 32.1 Å². The zero-order valence-electron chi connectivity index (χ0n) is 16.4. The van der Waals surface area contributed by atoms with E-state index in [-0.39, 0.29) is 23.2 Å². The molecule has 3 heterocycles. The molecule has 2 N–H and O–H groups in total. The molecule has 1 amide bonds. The van der Waals surface area contributed by atoms with E-state index in [4.69, 9.17) is 0 Å². The smallest absolute Gasteiger partial charge is 0.222 e. The number of aliphatic hydroxyl groups is 1. The van der Waals surface area contributed by atoms with Gasteiger partial charge in [0.2, 0.25) is 11.7 Å². The second kappa shape index (κ2) is 8.54. The Morgan fingerprint density at radius 2 is 2.17 bits per heavy atom. The van der Waals surface area contributed by atoms with Crippen LogP contribution < -0.4 is 5.32 Å². The lowest BCUT2D eigenvalue weighted by Crippen LogP contribution is -2.58. The van der Waals surface area contributed by atoms with Crippen LogP contribution in [0.5, 0.6) is 0 Å². The number of halogens is 1. The highest BCUT2D eigenvalue weighted by Gasteiger charge is 2.43. The van der Waals surface area contributed by atoms with Gasteiger partial charge in [0.15, 0.2) is 0 Å². The van der Waals surface area contributed by atoms with Crippen molar-refractivity contribution in [2.75, 3.05) is 26.2 Å². The second-order valence-electron chi connectivity index (χ2n) is 8.08. The third kappa shape index (κ3) is 4.45. The Morgan fingerprint density at radius 1 is 1.34 bits per heavy atom. The van der Waals surface area contributed by atoms with E-state index in [0.29, 0.717) is 37.3 Å². The highest BCUT2D eigenvalue weighted by Crippen LogP contribution is 2.36. The number of tetrazole rings is 1. The summed E-state index contributed by atoms with van der Waals surface area (Å²) in [5.74, 6) is 0.240. The van der Waals surface area contributed by atoms with E-state index in [1.165, 1.54) is 16.9 Å². The van der Waals surface area contributed by atoms with Crippen LogP contribution in [0.15, 0.2) is 24.3 Å². The highest BCUT2D eigenvalue weighted by atomic mass is 19.1. The number of likely N-dealkylation sites (tertiary alicyclic amines) is 1. The van der Waals surface area contributed by atoms with E-state index in [0.717, 1.165) is 38.9 Å². The van der Waals surface area contributed by atoms with Crippen molar-refractivity contribution in [1.29, 1.82) is 0 Å². The van der Waals surface area contributed by atoms with E-state index >= 15 is 0 Å². The van der Waals surface area contributed by atoms with E-state index in [1.807, 2.05) is 4.90 Å². The van der Waals surface area contributed by atoms with Crippen LogP contribution in [0.2, 0.25) is 0 Å². The molecule has 9 heteroatoms. The number of aryl methyl sites for hydroxylation is 1. The molecule has 0 saturated carbocycles. The summed E-state index contributed by atoms with van der Waals surface area (Å²) in [7, 11) is 0. The number of amides is 1. The monoisotopic (exact) mass is 402 g/mol. The van der Waals surface area contributed by atoms with Crippen molar-refractivity contribution in [1.82, 2.24) is 30.4 Å². The lowest BCUT2D eigenvalue weighted by molar-refractivity contribution is -0.138. The number of carbonyl (C=O) groups excluding carboxylic acids is 1. The average Bonchev–Trinajstić information content (AvgIpc) is 3.20. The summed E-state index contributed by atoms with van der Waals surface area (Å²) in [5, 5.41) is 26.2. The Bertz CT molecular complexity index is 838. The summed E-state index contributed by atoms with van der Waals surface area (Å²) in [4.78, 5) is 16.1. The Balaban J connectivity index is 1.28. The van der Waals surface area contributed by atoms with Crippen LogP contribution in [0, 0.1) is 11.2 Å². The summed E-state index contributed by atoms with van der Waals surface area (Å²) < 4.78 is 13.0. The minimum Gasteiger partial charge on any atom is -0.392 e. The maximum absolute atomic E-state index is 13.0. The van der Waals surface area contributed by atoms with Gasteiger partial charge in [0.05, 0.1) is 12.6 Å². The minimum atomic E-state index is -0.344. The molecule has 0 unspecified atom stereocenters. The molecule has 0 radical (unpaired) electrons. The molecule has 4 rings (SSSR count). The number of aromatic nitrogens is 4. The van der Waals surface area contributed by atoms with Gasteiger partial charge in [-0.25, -0.2) is 4.39 Å². The van der Waals surface area contributed by atoms with Crippen LogP contribution in [0.3, 0.4) is 0 Å². The van der Waals surface area contributed by atoms with Gasteiger partial charge in [-0.3, -0.25) is 4.79 Å². The van der Waals surface area contributed by atoms with Crippen molar-refractivity contribution in [3.05, 3.63) is 30.1 Å². The number of hydrogen-bond acceptors (Lipinski definition) is 6. The molecule has 0 aliphatic carbocycles. The number of carbonyl (C=O) groups is 1. The van der Waals surface area contributed by atoms with Crippen LogP contribution in [0.25, 0.3) is 11.4 Å². The molecule has 2 aliphatic heterocycles. The standard InChI is InChI=1S/C20H27FN6O2/c21-16-6-4-15(5-7-16)19-23-25-27(24-19)12-1-3-18(29)26-11-2-9-20(14-26)13-22-10-8-17(20)28/h4-7,17,22,28H,1-3,8-14H2/t17-,20-/m0/s1. The molecular formula is C20H27FN6O2. The molecule has 2 atom stereocenters. The van der Waals surface area contributed by atoms with Crippen molar-refractivity contribution < 1.29 is 14.3 Å². The number of aliphatic hydroxyl groups excluding tert-OH is 1. The predicted octanol–water partition coefficient (Wildman–Crippen LogP) is 1.22. The third-order valence-electron chi connectivity index (χ3n) is 6.04. The average molecular weight is 402 g/mol. The Kier molecular flexibility index (Phi) is 5.86. The summed E-state index contributed by atoms with van der Waals surface area (Å²) in [6.07, 6.45) is 3.31. The first-order chi connectivity index (χ1) is 14.1. The van der Waals surface area contributed by atoms with E-state index in [9.17, 15) is 14.3 Å². The van der Waals surface area contributed by atoms with Crippen LogP contribution in [-0.2, 0) is 11.3 Å². The first-order valence-corrected chi connectivity index (χ1v) is 10.3. The Hall–Kier alpha value is -2.39. The Labute approximate surface area is 169 Å². The topological polar surface area (TPSA) is 96.2 Å². The molecule has 2 saturated heterocycles. The van der Waals surface area contributed by atoms with Crippen molar-refractivity contribution in [2.24, 2.45) is 5.41 Å². The van der Waals surface area contributed by atoms with Crippen molar-refractivity contribution in [2.45, 2.75) is 44.8 Å². The fourth-order valence-corrected chi connectivity index (χ4v) is 4.37. The van der Waals surface area contributed by atoms with Crippen molar-refractivity contribution in [3.63, 3.8) is 0 Å². The van der Waals surface area contributed by atoms with Crippen molar-refractivity contribution >= 4 is 5.91 Å². The fourth-order valence-electron chi connectivity index (χ4n) is 4.37. The predicted molar refractivity (Wildman–Crippen MR) is 104 cm³/mol. The van der Waals surface area contributed by atoms with Gasteiger partial charge in [-0.2, -0.15) is 4.80 Å². The molecule has 2 aliphatic rings. The lowest BCUT2D eigenvalue weighted by atomic mass is 9.72. The number of hydrogen-bond donors (Lipinski definition) is 2. The number of benzene rings is 1. The minimum absolute atomic E-state index is 0.112. The van der Waals surface area contributed by atoms with E-state index in [1.54, 1.807) is 12.1 Å². The van der Waals surface area contributed by atoms with Crippen LogP contribution >= 0.6 is 0 Å². The molecule has 2 aromatic rings. The number of rotatable bonds is 5. The highest BCUT2D eigenvalue weighted by molar-refractivity contribution is 5.76. The first-order valence-electron chi connectivity index (χ1n) is 10.3. The van der Waals surface area contributed by atoms with Crippen molar-refractivity contribution in [3.8, 4) is 11.4 Å². The maximum atomic E-state index is 13.0. The van der Waals surface area contributed by atoms with Crippen LogP contribution in [-0.4, -0.2) is 68.4 Å². The summed E-state index contributed by atoms with van der Waals surface area (Å²) in [6.45, 7) is 3.47.